The molecule has 1 aromatic carbocycles. The highest BCUT2D eigenvalue weighted by atomic mass is 16.5. The number of likely N-dealkylation sites (N-methyl/N-ethyl adjacent to an activating group) is 1. The normalized spacial score (nSPS) is 30.8. The van der Waals surface area contributed by atoms with Crippen LogP contribution in [0.5, 0.6) is 11.5 Å². The Morgan fingerprint density at radius 1 is 1.33 bits per heavy atom. The second-order valence-corrected chi connectivity index (χ2v) is 5.88. The molecule has 1 aliphatic heterocycles. The van der Waals surface area contributed by atoms with Gasteiger partial charge in [-0.2, -0.15) is 0 Å². The van der Waals surface area contributed by atoms with Crippen molar-refractivity contribution in [2.24, 2.45) is 0 Å². The SMILES string of the molecule is [2H]C([2H])([2H])Oc1cc([C@@]23CC[C@H](O)C=C2N(C)CC3)ccc1OC. The van der Waals surface area contributed by atoms with Crippen molar-refractivity contribution in [1.29, 1.82) is 0 Å². The summed E-state index contributed by atoms with van der Waals surface area (Å²) in [5, 5.41) is 10.0. The Morgan fingerprint density at radius 2 is 2.19 bits per heavy atom. The molecule has 0 radical (unpaired) electrons. The number of nitrogens with zero attached hydrogens (tertiary/aromatic N) is 1. The lowest BCUT2D eigenvalue weighted by Gasteiger charge is -2.37. The van der Waals surface area contributed by atoms with Gasteiger partial charge in [-0.15, -0.1) is 0 Å². The lowest BCUT2D eigenvalue weighted by Crippen LogP contribution is -2.33. The second-order valence-electron chi connectivity index (χ2n) is 5.88. The minimum absolute atomic E-state index is 0.201. The average Bonchev–Trinajstić information content (AvgIpc) is 2.84. The summed E-state index contributed by atoms with van der Waals surface area (Å²) in [5.41, 5.74) is 1.91. The maximum absolute atomic E-state index is 10.0. The lowest BCUT2D eigenvalue weighted by atomic mass is 9.70. The highest BCUT2D eigenvalue weighted by Crippen LogP contribution is 2.50. The first kappa shape index (κ1) is 11.0. The van der Waals surface area contributed by atoms with E-state index >= 15 is 0 Å². The Balaban J connectivity index is 2.06. The van der Waals surface area contributed by atoms with Crippen LogP contribution >= 0.6 is 0 Å². The standard InChI is InChI=1S/C17H23NO3/c1-18-9-8-17(7-6-13(19)11-16(17)18)12-4-5-14(20-2)15(10-12)21-3/h4-5,10-11,13,19H,6-9H2,1-3H3/t13-,17-/m0/s1/i3D3. The van der Waals surface area contributed by atoms with E-state index < -0.39 is 13.1 Å². The fourth-order valence-corrected chi connectivity index (χ4v) is 3.66. The van der Waals surface area contributed by atoms with Crippen molar-refractivity contribution in [3.05, 3.63) is 35.5 Å². The fourth-order valence-electron chi connectivity index (χ4n) is 3.66. The van der Waals surface area contributed by atoms with E-state index in [9.17, 15) is 5.11 Å². The molecule has 1 fully saturated rings. The van der Waals surface area contributed by atoms with E-state index in [4.69, 9.17) is 13.6 Å². The molecule has 4 heteroatoms. The third-order valence-electron chi connectivity index (χ3n) is 4.82. The number of aliphatic hydroxyl groups excluding tert-OH is 1. The summed E-state index contributed by atoms with van der Waals surface area (Å²) in [6.07, 6.45) is 3.94. The number of allylic oxidation sites excluding steroid dienone is 1. The minimum atomic E-state index is -2.53. The molecule has 3 rings (SSSR count). The van der Waals surface area contributed by atoms with Gasteiger partial charge >= 0.3 is 0 Å². The summed E-state index contributed by atoms with van der Waals surface area (Å²) in [7, 11) is 0.984. The van der Waals surface area contributed by atoms with Gasteiger partial charge in [0.15, 0.2) is 11.5 Å². The van der Waals surface area contributed by atoms with Gasteiger partial charge in [-0.05, 0) is 43.0 Å². The summed E-state index contributed by atoms with van der Waals surface area (Å²) in [6, 6.07) is 5.50. The van der Waals surface area contributed by atoms with Crippen LogP contribution in [0.1, 0.15) is 28.9 Å². The number of rotatable bonds is 3. The zero-order chi connectivity index (χ0) is 17.5. The third-order valence-corrected chi connectivity index (χ3v) is 4.82. The van der Waals surface area contributed by atoms with E-state index in [-0.39, 0.29) is 11.2 Å². The van der Waals surface area contributed by atoms with Gasteiger partial charge in [0.2, 0.25) is 0 Å². The number of benzene rings is 1. The van der Waals surface area contributed by atoms with Gasteiger partial charge < -0.3 is 19.5 Å². The monoisotopic (exact) mass is 292 g/mol. The Hall–Kier alpha value is -1.68. The largest absolute Gasteiger partial charge is 0.493 e. The van der Waals surface area contributed by atoms with E-state index in [1.807, 2.05) is 19.2 Å². The summed E-state index contributed by atoms with van der Waals surface area (Å²) in [6.45, 7) is 0.903. The molecule has 0 unspecified atom stereocenters. The molecule has 1 N–H and O–H groups in total. The van der Waals surface area contributed by atoms with E-state index in [2.05, 4.69) is 4.90 Å². The predicted molar refractivity (Wildman–Crippen MR) is 81.8 cm³/mol. The molecule has 4 nitrogen and oxygen atoms in total. The molecule has 2 aliphatic rings. The number of hydrogen-bond acceptors (Lipinski definition) is 4. The number of hydrogen-bond donors (Lipinski definition) is 1. The van der Waals surface area contributed by atoms with Crippen molar-refractivity contribution in [2.75, 3.05) is 27.7 Å². The highest BCUT2D eigenvalue weighted by molar-refractivity contribution is 5.49. The molecule has 1 saturated heterocycles. The maximum Gasteiger partial charge on any atom is 0.161 e. The number of fused-ring (bicyclic) bond motifs is 1. The van der Waals surface area contributed by atoms with Crippen LogP contribution in [0.25, 0.3) is 0 Å². The van der Waals surface area contributed by atoms with E-state index in [1.54, 1.807) is 12.1 Å². The lowest BCUT2D eigenvalue weighted by molar-refractivity contribution is 0.181. The van der Waals surface area contributed by atoms with Crippen LogP contribution in [0.15, 0.2) is 30.0 Å². The van der Waals surface area contributed by atoms with Crippen LogP contribution in [0, 0.1) is 0 Å². The van der Waals surface area contributed by atoms with Gasteiger partial charge in [-0.25, -0.2) is 0 Å². The van der Waals surface area contributed by atoms with Gasteiger partial charge in [0, 0.05) is 24.7 Å². The van der Waals surface area contributed by atoms with Crippen LogP contribution in [-0.4, -0.2) is 43.9 Å². The minimum Gasteiger partial charge on any atom is -0.493 e. The Morgan fingerprint density at radius 3 is 2.95 bits per heavy atom. The molecular formula is C17H23NO3. The van der Waals surface area contributed by atoms with Crippen molar-refractivity contribution in [1.82, 2.24) is 4.90 Å². The van der Waals surface area contributed by atoms with E-state index in [0.29, 0.717) is 12.2 Å². The molecule has 1 aliphatic carbocycles. The first-order valence-electron chi connectivity index (χ1n) is 8.74. The topological polar surface area (TPSA) is 41.9 Å². The van der Waals surface area contributed by atoms with Gasteiger partial charge in [-0.3, -0.25) is 0 Å². The van der Waals surface area contributed by atoms with Gasteiger partial charge in [0.1, 0.15) is 0 Å². The van der Waals surface area contributed by atoms with E-state index in [0.717, 1.165) is 30.6 Å². The Bertz CT molecular complexity index is 659. The summed E-state index contributed by atoms with van der Waals surface area (Å²) < 4.78 is 32.5. The van der Waals surface area contributed by atoms with Gasteiger partial charge in [0.05, 0.1) is 24.4 Å². The molecule has 2 atom stereocenters. The molecule has 114 valence electrons. The van der Waals surface area contributed by atoms with Crippen LogP contribution in [0.4, 0.5) is 0 Å². The smallest absolute Gasteiger partial charge is 0.161 e. The third kappa shape index (κ3) is 2.18. The van der Waals surface area contributed by atoms with Crippen LogP contribution in [0.3, 0.4) is 0 Å². The first-order chi connectivity index (χ1) is 11.2. The fraction of sp³-hybridized carbons (Fsp3) is 0.529. The zero-order valence-corrected chi connectivity index (χ0v) is 12.4. The molecule has 1 heterocycles. The van der Waals surface area contributed by atoms with Crippen LogP contribution < -0.4 is 9.47 Å². The highest BCUT2D eigenvalue weighted by Gasteiger charge is 2.45. The molecule has 0 aromatic heterocycles. The zero-order valence-electron chi connectivity index (χ0n) is 15.4. The maximum atomic E-state index is 10.0. The average molecular weight is 292 g/mol. The van der Waals surface area contributed by atoms with Gasteiger partial charge in [0.25, 0.3) is 0 Å². The molecule has 1 aromatic rings. The summed E-state index contributed by atoms with van der Waals surface area (Å²) >= 11 is 0. The Kier molecular flexibility index (Phi) is 2.75. The van der Waals surface area contributed by atoms with Crippen molar-refractivity contribution in [3.63, 3.8) is 0 Å². The molecule has 0 amide bonds. The number of likely N-dealkylation sites (tertiary alicyclic amines) is 1. The second kappa shape index (κ2) is 5.26. The molecule has 0 saturated carbocycles. The van der Waals surface area contributed by atoms with Gasteiger partial charge in [-0.1, -0.05) is 6.07 Å². The summed E-state index contributed by atoms with van der Waals surface area (Å²) in [4.78, 5) is 2.16. The molecular weight excluding hydrogens is 266 g/mol. The predicted octanol–water partition coefficient (Wildman–Crippen LogP) is 2.32. The van der Waals surface area contributed by atoms with Crippen LogP contribution in [0.2, 0.25) is 0 Å². The van der Waals surface area contributed by atoms with Crippen molar-refractivity contribution in [3.8, 4) is 11.5 Å². The number of methoxy groups -OCH3 is 2. The molecule has 0 bridgehead atoms. The van der Waals surface area contributed by atoms with Crippen molar-refractivity contribution < 1.29 is 18.7 Å². The van der Waals surface area contributed by atoms with Crippen LogP contribution in [-0.2, 0) is 5.41 Å². The Labute approximate surface area is 130 Å². The van der Waals surface area contributed by atoms with E-state index in [1.165, 1.54) is 7.11 Å². The number of ether oxygens (including phenoxy) is 2. The van der Waals surface area contributed by atoms with Crippen molar-refractivity contribution in [2.45, 2.75) is 30.8 Å². The molecule has 0 spiro atoms. The quantitative estimate of drug-likeness (QED) is 0.928. The summed E-state index contributed by atoms with van der Waals surface area (Å²) in [5.74, 6) is 0.628. The number of aliphatic hydroxyl groups is 1. The first-order valence-corrected chi connectivity index (χ1v) is 7.24. The molecule has 21 heavy (non-hydrogen) atoms. The van der Waals surface area contributed by atoms with Crippen molar-refractivity contribution >= 4 is 0 Å².